The van der Waals surface area contributed by atoms with Crippen LogP contribution in [0.4, 0.5) is 0 Å². The minimum atomic E-state index is 0.226. The van der Waals surface area contributed by atoms with Gasteiger partial charge >= 0.3 is 0 Å². The van der Waals surface area contributed by atoms with Crippen molar-refractivity contribution in [3.8, 4) is 5.69 Å². The second-order valence-corrected chi connectivity index (χ2v) is 8.08. The summed E-state index contributed by atoms with van der Waals surface area (Å²) in [6, 6.07) is 16.6. The maximum atomic E-state index is 12.7. The molecule has 0 atom stereocenters. The third kappa shape index (κ3) is 4.03. The van der Waals surface area contributed by atoms with E-state index in [4.69, 9.17) is 4.98 Å². The van der Waals surface area contributed by atoms with Gasteiger partial charge in [-0.1, -0.05) is 54.4 Å². The normalized spacial score (nSPS) is 15.1. The molecule has 5 heteroatoms. The molecular weight excluding hydrogens is 354 g/mol. The number of amides is 1. The average molecular weight is 380 g/mol. The number of thioether (sulfide) groups is 1. The van der Waals surface area contributed by atoms with Crippen LogP contribution in [0.1, 0.15) is 31.2 Å². The molecule has 0 radical (unpaired) electrons. The molecule has 0 spiro atoms. The standard InChI is InChI=1S/C22H25N3OS/c1-17-10-12-18(13-11-17)25-20-9-5-4-8-19(20)23-22(25)27-16-21(26)24-14-6-2-3-7-15-24/h4-5,8-13H,2-3,6-7,14-16H2,1H3. The molecule has 1 saturated heterocycles. The number of aryl methyl sites for hydroxylation is 1. The van der Waals surface area contributed by atoms with Crippen LogP contribution in [0.5, 0.6) is 0 Å². The van der Waals surface area contributed by atoms with Crippen LogP contribution < -0.4 is 0 Å². The van der Waals surface area contributed by atoms with Gasteiger partial charge in [-0.2, -0.15) is 0 Å². The van der Waals surface area contributed by atoms with Gasteiger partial charge in [-0.05, 0) is 44.0 Å². The van der Waals surface area contributed by atoms with E-state index >= 15 is 0 Å². The molecule has 2 aromatic carbocycles. The lowest BCUT2D eigenvalue weighted by Crippen LogP contribution is -2.33. The van der Waals surface area contributed by atoms with Crippen molar-refractivity contribution in [2.45, 2.75) is 37.8 Å². The molecule has 2 heterocycles. The van der Waals surface area contributed by atoms with Gasteiger partial charge in [0.1, 0.15) is 0 Å². The number of carbonyl (C=O) groups excluding carboxylic acids is 1. The van der Waals surface area contributed by atoms with E-state index in [1.165, 1.54) is 18.4 Å². The number of imidazole rings is 1. The highest BCUT2D eigenvalue weighted by atomic mass is 32.2. The van der Waals surface area contributed by atoms with Crippen molar-refractivity contribution in [3.05, 3.63) is 54.1 Å². The van der Waals surface area contributed by atoms with Gasteiger partial charge in [-0.15, -0.1) is 0 Å². The van der Waals surface area contributed by atoms with E-state index in [9.17, 15) is 4.79 Å². The van der Waals surface area contributed by atoms with E-state index in [-0.39, 0.29) is 5.91 Å². The molecule has 0 unspecified atom stereocenters. The van der Waals surface area contributed by atoms with Gasteiger partial charge in [0.15, 0.2) is 5.16 Å². The van der Waals surface area contributed by atoms with Gasteiger partial charge in [0, 0.05) is 18.8 Å². The van der Waals surface area contributed by atoms with Crippen LogP contribution in [-0.2, 0) is 4.79 Å². The fourth-order valence-electron chi connectivity index (χ4n) is 3.58. The highest BCUT2D eigenvalue weighted by molar-refractivity contribution is 7.99. The minimum absolute atomic E-state index is 0.226. The molecule has 140 valence electrons. The van der Waals surface area contributed by atoms with Crippen molar-refractivity contribution in [2.24, 2.45) is 0 Å². The van der Waals surface area contributed by atoms with E-state index in [0.717, 1.165) is 47.8 Å². The van der Waals surface area contributed by atoms with Crippen LogP contribution in [0, 0.1) is 6.92 Å². The first-order valence-electron chi connectivity index (χ1n) is 9.67. The zero-order chi connectivity index (χ0) is 18.6. The maximum Gasteiger partial charge on any atom is 0.233 e. The molecule has 0 N–H and O–H groups in total. The first-order chi connectivity index (χ1) is 13.2. The summed E-state index contributed by atoms with van der Waals surface area (Å²) in [5.74, 6) is 0.666. The highest BCUT2D eigenvalue weighted by Gasteiger charge is 2.18. The molecule has 3 aromatic rings. The van der Waals surface area contributed by atoms with Crippen LogP contribution in [0.25, 0.3) is 16.7 Å². The Morgan fingerprint density at radius 1 is 1.00 bits per heavy atom. The predicted molar refractivity (Wildman–Crippen MR) is 112 cm³/mol. The van der Waals surface area contributed by atoms with Crippen molar-refractivity contribution in [2.75, 3.05) is 18.8 Å². The van der Waals surface area contributed by atoms with Gasteiger partial charge < -0.3 is 4.90 Å². The van der Waals surface area contributed by atoms with Gasteiger partial charge in [-0.3, -0.25) is 9.36 Å². The molecular formula is C22H25N3OS. The van der Waals surface area contributed by atoms with Gasteiger partial charge in [-0.25, -0.2) is 4.98 Å². The maximum absolute atomic E-state index is 12.7. The topological polar surface area (TPSA) is 38.1 Å². The second kappa shape index (κ2) is 8.17. The number of hydrogen-bond donors (Lipinski definition) is 0. The number of aromatic nitrogens is 2. The third-order valence-electron chi connectivity index (χ3n) is 5.11. The molecule has 1 fully saturated rings. The van der Waals surface area contributed by atoms with Crippen molar-refractivity contribution in [1.82, 2.24) is 14.5 Å². The number of likely N-dealkylation sites (tertiary alicyclic amines) is 1. The van der Waals surface area contributed by atoms with E-state index in [2.05, 4.69) is 41.8 Å². The number of hydrogen-bond acceptors (Lipinski definition) is 3. The smallest absolute Gasteiger partial charge is 0.233 e. The Morgan fingerprint density at radius 3 is 2.44 bits per heavy atom. The molecule has 0 saturated carbocycles. The Labute approximate surface area is 164 Å². The summed E-state index contributed by atoms with van der Waals surface area (Å²) < 4.78 is 2.16. The molecule has 0 aliphatic carbocycles. The molecule has 1 amide bonds. The lowest BCUT2D eigenvalue weighted by atomic mass is 10.2. The van der Waals surface area contributed by atoms with Crippen LogP contribution in [-0.4, -0.2) is 39.2 Å². The quantitative estimate of drug-likeness (QED) is 0.610. The van der Waals surface area contributed by atoms with E-state index in [0.29, 0.717) is 5.75 Å². The molecule has 1 aliphatic rings. The first-order valence-corrected chi connectivity index (χ1v) is 10.7. The van der Waals surface area contributed by atoms with Gasteiger partial charge in [0.25, 0.3) is 0 Å². The van der Waals surface area contributed by atoms with Crippen LogP contribution in [0.3, 0.4) is 0 Å². The summed E-state index contributed by atoms with van der Waals surface area (Å²) in [4.78, 5) is 19.5. The summed E-state index contributed by atoms with van der Waals surface area (Å²) in [5, 5.41) is 0.878. The molecule has 0 bridgehead atoms. The third-order valence-corrected chi connectivity index (χ3v) is 6.03. The lowest BCUT2D eigenvalue weighted by molar-refractivity contribution is -0.128. The van der Waals surface area contributed by atoms with Crippen molar-refractivity contribution >= 4 is 28.7 Å². The molecule has 1 aromatic heterocycles. The summed E-state index contributed by atoms with van der Waals surface area (Å²) in [6.45, 7) is 3.88. The highest BCUT2D eigenvalue weighted by Crippen LogP contribution is 2.28. The second-order valence-electron chi connectivity index (χ2n) is 7.14. The van der Waals surface area contributed by atoms with Crippen LogP contribution in [0.2, 0.25) is 0 Å². The van der Waals surface area contributed by atoms with Crippen molar-refractivity contribution < 1.29 is 4.79 Å². The molecule has 4 rings (SSSR count). The van der Waals surface area contributed by atoms with Crippen molar-refractivity contribution in [1.29, 1.82) is 0 Å². The Balaban J connectivity index is 1.60. The Hall–Kier alpha value is -2.27. The Bertz CT molecular complexity index is 924. The summed E-state index contributed by atoms with van der Waals surface area (Å²) in [5.41, 5.74) is 4.35. The van der Waals surface area contributed by atoms with E-state index in [1.54, 1.807) is 11.8 Å². The fourth-order valence-corrected chi connectivity index (χ4v) is 4.51. The monoisotopic (exact) mass is 379 g/mol. The summed E-state index contributed by atoms with van der Waals surface area (Å²) in [7, 11) is 0. The number of carbonyl (C=O) groups is 1. The predicted octanol–water partition coefficient (Wildman–Crippen LogP) is 4.83. The number of fused-ring (bicyclic) bond motifs is 1. The van der Waals surface area contributed by atoms with Crippen LogP contribution >= 0.6 is 11.8 Å². The van der Waals surface area contributed by atoms with E-state index in [1.807, 2.05) is 23.1 Å². The Morgan fingerprint density at radius 2 is 1.70 bits per heavy atom. The summed E-state index contributed by atoms with van der Waals surface area (Å²) >= 11 is 1.54. The lowest BCUT2D eigenvalue weighted by Gasteiger charge is -2.20. The molecule has 1 aliphatic heterocycles. The summed E-state index contributed by atoms with van der Waals surface area (Å²) in [6.07, 6.45) is 4.72. The molecule has 27 heavy (non-hydrogen) atoms. The number of para-hydroxylation sites is 2. The number of benzene rings is 2. The largest absolute Gasteiger partial charge is 0.342 e. The number of nitrogens with zero attached hydrogens (tertiary/aromatic N) is 3. The van der Waals surface area contributed by atoms with Crippen molar-refractivity contribution in [3.63, 3.8) is 0 Å². The van der Waals surface area contributed by atoms with Gasteiger partial charge in [0.05, 0.1) is 16.8 Å². The van der Waals surface area contributed by atoms with Gasteiger partial charge in [0.2, 0.25) is 5.91 Å². The fraction of sp³-hybridized carbons (Fsp3) is 0.364. The first kappa shape index (κ1) is 18.1. The zero-order valence-corrected chi connectivity index (χ0v) is 16.5. The Kier molecular flexibility index (Phi) is 5.48. The number of rotatable bonds is 4. The van der Waals surface area contributed by atoms with E-state index < -0.39 is 0 Å². The molecule has 4 nitrogen and oxygen atoms in total. The zero-order valence-electron chi connectivity index (χ0n) is 15.7. The SMILES string of the molecule is Cc1ccc(-n2c(SCC(=O)N3CCCCCC3)nc3ccccc32)cc1. The minimum Gasteiger partial charge on any atom is -0.342 e. The van der Waals surface area contributed by atoms with Crippen LogP contribution in [0.15, 0.2) is 53.7 Å². The average Bonchev–Trinajstić information content (AvgIpc) is 2.85.